The number of sulfonamides is 1. The summed E-state index contributed by atoms with van der Waals surface area (Å²) in [6, 6.07) is 0.0850. The molecule has 1 rings (SSSR count). The van der Waals surface area contributed by atoms with Crippen molar-refractivity contribution in [2.45, 2.75) is 44.4 Å². The van der Waals surface area contributed by atoms with E-state index in [2.05, 4.69) is 13.8 Å². The normalized spacial score (nSPS) is 18.6. The second-order valence-electron chi connectivity index (χ2n) is 4.76. The van der Waals surface area contributed by atoms with Crippen molar-refractivity contribution in [1.29, 1.82) is 0 Å². The molecule has 1 atom stereocenters. The maximum atomic E-state index is 11.8. The van der Waals surface area contributed by atoms with Crippen LogP contribution in [-0.2, 0) is 10.0 Å². The van der Waals surface area contributed by atoms with E-state index >= 15 is 0 Å². The summed E-state index contributed by atoms with van der Waals surface area (Å²) in [4.78, 5) is 0. The van der Waals surface area contributed by atoms with Crippen molar-refractivity contribution in [2.24, 2.45) is 11.7 Å². The van der Waals surface area contributed by atoms with Gasteiger partial charge in [0.15, 0.2) is 0 Å². The van der Waals surface area contributed by atoms with Gasteiger partial charge in [0.25, 0.3) is 0 Å². The third-order valence-corrected chi connectivity index (χ3v) is 5.38. The molecule has 98 valence electrons. The molecule has 1 aliphatic rings. The van der Waals surface area contributed by atoms with Crippen LogP contribution >= 0.6 is 12.4 Å². The minimum absolute atomic E-state index is 0. The molecule has 1 saturated carbocycles. The first-order chi connectivity index (χ1) is 6.85. The predicted molar refractivity (Wildman–Crippen MR) is 69.3 cm³/mol. The van der Waals surface area contributed by atoms with Crippen LogP contribution in [0.3, 0.4) is 0 Å². The number of rotatable bonds is 6. The highest BCUT2D eigenvalue weighted by Gasteiger charge is 2.38. The first-order valence-electron chi connectivity index (χ1n) is 5.56. The molecule has 16 heavy (non-hydrogen) atoms. The third-order valence-electron chi connectivity index (χ3n) is 3.01. The van der Waals surface area contributed by atoms with Gasteiger partial charge >= 0.3 is 0 Å². The van der Waals surface area contributed by atoms with Gasteiger partial charge in [-0.2, -0.15) is 0 Å². The van der Waals surface area contributed by atoms with E-state index in [0.29, 0.717) is 12.5 Å². The molecular formula is C10H23ClN2O2S. The second-order valence-corrected chi connectivity index (χ2v) is 7.08. The van der Waals surface area contributed by atoms with Gasteiger partial charge < -0.3 is 5.73 Å². The number of hydrogen-bond donors (Lipinski definition) is 1. The Bertz CT molecular complexity index is 302. The van der Waals surface area contributed by atoms with Gasteiger partial charge in [0, 0.05) is 19.6 Å². The lowest BCUT2D eigenvalue weighted by molar-refractivity contribution is 0.397. The number of halogens is 1. The summed E-state index contributed by atoms with van der Waals surface area (Å²) in [7, 11) is -1.36. The van der Waals surface area contributed by atoms with Crippen LogP contribution in [0.4, 0.5) is 0 Å². The Kier molecular flexibility index (Phi) is 6.25. The molecule has 0 aromatic carbocycles. The Morgan fingerprint density at radius 1 is 1.38 bits per heavy atom. The molecule has 1 unspecified atom stereocenters. The largest absolute Gasteiger partial charge is 0.327 e. The van der Waals surface area contributed by atoms with Crippen LogP contribution in [0.25, 0.3) is 0 Å². The quantitative estimate of drug-likeness (QED) is 0.789. The highest BCUT2D eigenvalue weighted by Crippen LogP contribution is 2.30. The van der Waals surface area contributed by atoms with E-state index in [9.17, 15) is 8.42 Å². The van der Waals surface area contributed by atoms with Crippen molar-refractivity contribution in [2.75, 3.05) is 13.6 Å². The van der Waals surface area contributed by atoms with Gasteiger partial charge in [-0.25, -0.2) is 12.7 Å². The summed E-state index contributed by atoms with van der Waals surface area (Å²) in [5.41, 5.74) is 5.88. The maximum absolute atomic E-state index is 11.8. The Morgan fingerprint density at radius 2 is 1.88 bits per heavy atom. The Hall–Kier alpha value is 0.160. The van der Waals surface area contributed by atoms with Crippen LogP contribution in [0.2, 0.25) is 0 Å². The fourth-order valence-electron chi connectivity index (χ4n) is 1.41. The van der Waals surface area contributed by atoms with E-state index in [1.54, 1.807) is 7.05 Å². The van der Waals surface area contributed by atoms with Crippen LogP contribution in [0.1, 0.15) is 33.1 Å². The van der Waals surface area contributed by atoms with E-state index in [1.807, 2.05) is 0 Å². The first-order valence-corrected chi connectivity index (χ1v) is 7.06. The molecule has 2 N–H and O–H groups in total. The summed E-state index contributed by atoms with van der Waals surface area (Å²) in [6.07, 6.45) is 2.38. The summed E-state index contributed by atoms with van der Waals surface area (Å²) in [5, 5.41) is -0.113. The highest BCUT2D eigenvalue weighted by atomic mass is 35.5. The lowest BCUT2D eigenvalue weighted by atomic mass is 10.0. The standard InChI is InChI=1S/C10H22N2O2S.ClH/c1-8(2)10(11)6-7-12(3)15(13,14)9-4-5-9;/h8-10H,4-7,11H2,1-3H3;1H. The van der Waals surface area contributed by atoms with Crippen molar-refractivity contribution in [3.8, 4) is 0 Å². The van der Waals surface area contributed by atoms with Crippen molar-refractivity contribution in [1.82, 2.24) is 4.31 Å². The van der Waals surface area contributed by atoms with Gasteiger partial charge in [0.05, 0.1) is 5.25 Å². The summed E-state index contributed by atoms with van der Waals surface area (Å²) < 4.78 is 25.0. The average molecular weight is 271 g/mol. The monoisotopic (exact) mass is 270 g/mol. The van der Waals surface area contributed by atoms with Crippen molar-refractivity contribution in [3.63, 3.8) is 0 Å². The molecule has 0 radical (unpaired) electrons. The molecule has 0 spiro atoms. The van der Waals surface area contributed by atoms with Crippen molar-refractivity contribution < 1.29 is 8.42 Å². The van der Waals surface area contributed by atoms with Gasteiger partial charge in [0.1, 0.15) is 0 Å². The van der Waals surface area contributed by atoms with Gasteiger partial charge in [-0.15, -0.1) is 12.4 Å². The number of nitrogens with zero attached hydrogens (tertiary/aromatic N) is 1. The summed E-state index contributed by atoms with van der Waals surface area (Å²) >= 11 is 0. The molecule has 0 aromatic heterocycles. The van der Waals surface area contributed by atoms with Crippen molar-refractivity contribution in [3.05, 3.63) is 0 Å². The molecule has 0 saturated heterocycles. The van der Waals surface area contributed by atoms with Crippen molar-refractivity contribution >= 4 is 22.4 Å². The Labute approximate surface area is 105 Å². The summed E-state index contributed by atoms with van der Waals surface area (Å²) in [5.74, 6) is 0.405. The van der Waals surface area contributed by atoms with Crippen LogP contribution in [-0.4, -0.2) is 37.6 Å². The topological polar surface area (TPSA) is 63.4 Å². The zero-order valence-electron chi connectivity index (χ0n) is 10.2. The molecule has 1 aliphatic carbocycles. The van der Waals surface area contributed by atoms with E-state index in [1.165, 1.54) is 4.31 Å². The first kappa shape index (κ1) is 16.2. The molecular weight excluding hydrogens is 248 g/mol. The molecule has 4 nitrogen and oxygen atoms in total. The number of nitrogens with two attached hydrogens (primary N) is 1. The van der Waals surface area contributed by atoms with E-state index < -0.39 is 10.0 Å². The minimum Gasteiger partial charge on any atom is -0.327 e. The van der Waals surface area contributed by atoms with E-state index in [4.69, 9.17) is 5.73 Å². The van der Waals surface area contributed by atoms with Crippen LogP contribution in [0.5, 0.6) is 0 Å². The molecule has 0 bridgehead atoms. The molecule has 1 fully saturated rings. The lowest BCUT2D eigenvalue weighted by Crippen LogP contribution is -2.36. The van der Waals surface area contributed by atoms with E-state index in [0.717, 1.165) is 19.3 Å². The second kappa shape index (κ2) is 6.19. The van der Waals surface area contributed by atoms with Gasteiger partial charge in [0.2, 0.25) is 10.0 Å². The summed E-state index contributed by atoms with van der Waals surface area (Å²) in [6.45, 7) is 4.65. The van der Waals surface area contributed by atoms with Gasteiger partial charge in [-0.1, -0.05) is 13.8 Å². The smallest absolute Gasteiger partial charge is 0.216 e. The fraction of sp³-hybridized carbons (Fsp3) is 1.00. The maximum Gasteiger partial charge on any atom is 0.216 e. The van der Waals surface area contributed by atoms with Gasteiger partial charge in [-0.3, -0.25) is 0 Å². The van der Waals surface area contributed by atoms with Crippen LogP contribution in [0.15, 0.2) is 0 Å². The minimum atomic E-state index is -3.01. The zero-order valence-corrected chi connectivity index (χ0v) is 11.9. The lowest BCUT2D eigenvalue weighted by Gasteiger charge is -2.21. The molecule has 0 aliphatic heterocycles. The molecule has 0 heterocycles. The zero-order chi connectivity index (χ0) is 11.6. The van der Waals surface area contributed by atoms with Crippen LogP contribution < -0.4 is 5.73 Å². The molecule has 0 aromatic rings. The molecule has 6 heteroatoms. The third kappa shape index (κ3) is 4.20. The SMILES string of the molecule is CC(C)C(N)CCN(C)S(=O)(=O)C1CC1.Cl. The average Bonchev–Trinajstić information content (AvgIpc) is 2.95. The molecule has 0 amide bonds. The van der Waals surface area contributed by atoms with Gasteiger partial charge in [-0.05, 0) is 25.2 Å². The Morgan fingerprint density at radius 3 is 2.25 bits per heavy atom. The fourth-order valence-corrected chi connectivity index (χ4v) is 3.01. The predicted octanol–water partition coefficient (Wildman–Crippen LogP) is 1.21. The highest BCUT2D eigenvalue weighted by molar-refractivity contribution is 7.90. The Balaban J connectivity index is 0.00000225. The van der Waals surface area contributed by atoms with E-state index in [-0.39, 0.29) is 23.7 Å². The van der Waals surface area contributed by atoms with Crippen LogP contribution in [0, 0.1) is 5.92 Å². The number of hydrogen-bond acceptors (Lipinski definition) is 3.